The Labute approximate surface area is 124 Å². The van der Waals surface area contributed by atoms with Gasteiger partial charge < -0.3 is 5.32 Å². The van der Waals surface area contributed by atoms with Crippen LogP contribution in [0.4, 0.5) is 5.69 Å². The van der Waals surface area contributed by atoms with Crippen molar-refractivity contribution < 1.29 is 4.79 Å². The molecule has 2 N–H and O–H groups in total. The lowest BCUT2D eigenvalue weighted by atomic mass is 10.1. The molecule has 0 spiro atoms. The summed E-state index contributed by atoms with van der Waals surface area (Å²) in [7, 11) is 0. The fraction of sp³-hybridized carbons (Fsp3) is 0.125. The molecule has 0 radical (unpaired) electrons. The number of carbonyl (C=O) groups excluding carboxylic acids is 1. The molecule has 20 heavy (non-hydrogen) atoms. The second kappa shape index (κ2) is 6.30. The zero-order valence-corrected chi connectivity index (χ0v) is 12.3. The van der Waals surface area contributed by atoms with E-state index in [0.717, 1.165) is 16.8 Å². The number of nitrogens with one attached hydrogen (secondary N) is 2. The molecule has 2 aromatic carbocycles. The molecule has 0 saturated heterocycles. The summed E-state index contributed by atoms with van der Waals surface area (Å²) >= 11 is 5.13. The van der Waals surface area contributed by atoms with Crippen molar-refractivity contribution in [2.24, 2.45) is 0 Å². The Morgan fingerprint density at radius 1 is 1.00 bits per heavy atom. The Bertz CT molecular complexity index is 618. The summed E-state index contributed by atoms with van der Waals surface area (Å²) in [4.78, 5) is 12.1. The molecule has 0 saturated carbocycles. The van der Waals surface area contributed by atoms with E-state index in [2.05, 4.69) is 10.6 Å². The third-order valence-electron chi connectivity index (χ3n) is 2.74. The summed E-state index contributed by atoms with van der Waals surface area (Å²) in [6, 6.07) is 15.2. The smallest absolute Gasteiger partial charge is 0.257 e. The van der Waals surface area contributed by atoms with Crippen molar-refractivity contribution in [2.45, 2.75) is 13.8 Å². The number of hydrogen-bond acceptors (Lipinski definition) is 2. The first-order valence-electron chi connectivity index (χ1n) is 6.30. The first-order chi connectivity index (χ1) is 9.54. The van der Waals surface area contributed by atoms with E-state index in [0.29, 0.717) is 10.7 Å². The highest BCUT2D eigenvalue weighted by Crippen LogP contribution is 2.09. The van der Waals surface area contributed by atoms with E-state index < -0.39 is 0 Å². The van der Waals surface area contributed by atoms with Crippen LogP contribution in [0.1, 0.15) is 21.5 Å². The summed E-state index contributed by atoms with van der Waals surface area (Å²) in [5.74, 6) is -0.203. The van der Waals surface area contributed by atoms with Gasteiger partial charge in [0, 0.05) is 11.3 Å². The standard InChI is InChI=1S/C16H16N2OS/c1-11-8-12(2)10-13(9-11)15(19)18-16(20)17-14-6-4-3-5-7-14/h3-10H,1-2H3,(H2,17,18,19,20). The molecule has 0 atom stereocenters. The molecule has 102 valence electrons. The van der Waals surface area contributed by atoms with Crippen LogP contribution in [-0.2, 0) is 0 Å². The first kappa shape index (κ1) is 14.2. The van der Waals surface area contributed by atoms with E-state index in [-0.39, 0.29) is 5.91 Å². The molecule has 1 amide bonds. The topological polar surface area (TPSA) is 41.1 Å². The zero-order valence-electron chi connectivity index (χ0n) is 11.4. The van der Waals surface area contributed by atoms with Gasteiger partial charge in [-0.25, -0.2) is 0 Å². The minimum atomic E-state index is -0.203. The minimum absolute atomic E-state index is 0.203. The molecule has 2 aromatic rings. The van der Waals surface area contributed by atoms with Gasteiger partial charge in [0.25, 0.3) is 5.91 Å². The van der Waals surface area contributed by atoms with Gasteiger partial charge in [0.05, 0.1) is 0 Å². The third kappa shape index (κ3) is 3.90. The average molecular weight is 284 g/mol. The Balaban J connectivity index is 2.02. The first-order valence-corrected chi connectivity index (χ1v) is 6.71. The number of benzene rings is 2. The molecule has 0 heterocycles. The quantitative estimate of drug-likeness (QED) is 0.830. The second-order valence-corrected chi connectivity index (χ2v) is 5.06. The van der Waals surface area contributed by atoms with E-state index in [9.17, 15) is 4.79 Å². The lowest BCUT2D eigenvalue weighted by Gasteiger charge is -2.10. The maximum absolute atomic E-state index is 12.1. The SMILES string of the molecule is Cc1cc(C)cc(C(=O)NC(=S)Nc2ccccc2)c1. The van der Waals surface area contributed by atoms with Gasteiger partial charge in [-0.15, -0.1) is 0 Å². The Morgan fingerprint density at radius 3 is 2.20 bits per heavy atom. The lowest BCUT2D eigenvalue weighted by molar-refractivity contribution is 0.0977. The molecule has 4 heteroatoms. The van der Waals surface area contributed by atoms with Crippen LogP contribution in [0.25, 0.3) is 0 Å². The number of aryl methyl sites for hydroxylation is 2. The molecule has 0 aliphatic carbocycles. The summed E-state index contributed by atoms with van der Waals surface area (Å²) in [6.45, 7) is 3.93. The van der Waals surface area contributed by atoms with Crippen molar-refractivity contribution in [3.05, 3.63) is 65.2 Å². The Hall–Kier alpha value is -2.20. The number of carbonyl (C=O) groups is 1. The molecule has 0 unspecified atom stereocenters. The molecule has 2 rings (SSSR count). The molecular weight excluding hydrogens is 268 g/mol. The minimum Gasteiger partial charge on any atom is -0.332 e. The number of anilines is 1. The van der Waals surface area contributed by atoms with E-state index in [1.54, 1.807) is 0 Å². The highest BCUT2D eigenvalue weighted by molar-refractivity contribution is 7.80. The van der Waals surface area contributed by atoms with Gasteiger partial charge in [0.1, 0.15) is 0 Å². The van der Waals surface area contributed by atoms with Gasteiger partial charge >= 0.3 is 0 Å². The molecule has 3 nitrogen and oxygen atoms in total. The average Bonchev–Trinajstić information content (AvgIpc) is 2.38. The van der Waals surface area contributed by atoms with Crippen molar-refractivity contribution in [3.63, 3.8) is 0 Å². The Morgan fingerprint density at radius 2 is 1.60 bits per heavy atom. The van der Waals surface area contributed by atoms with Crippen LogP contribution in [0.3, 0.4) is 0 Å². The van der Waals surface area contributed by atoms with Crippen molar-refractivity contribution in [2.75, 3.05) is 5.32 Å². The van der Waals surface area contributed by atoms with Crippen LogP contribution in [0.2, 0.25) is 0 Å². The number of hydrogen-bond donors (Lipinski definition) is 2. The third-order valence-corrected chi connectivity index (χ3v) is 2.95. The maximum Gasteiger partial charge on any atom is 0.257 e. The molecule has 0 aromatic heterocycles. The van der Waals surface area contributed by atoms with Gasteiger partial charge in [-0.1, -0.05) is 35.4 Å². The van der Waals surface area contributed by atoms with E-state index in [1.807, 2.05) is 62.4 Å². The van der Waals surface area contributed by atoms with Crippen LogP contribution in [0.5, 0.6) is 0 Å². The summed E-state index contributed by atoms with van der Waals surface area (Å²) in [5, 5.41) is 5.94. The molecular formula is C16H16N2OS. The van der Waals surface area contributed by atoms with E-state index in [4.69, 9.17) is 12.2 Å². The zero-order chi connectivity index (χ0) is 14.5. The van der Waals surface area contributed by atoms with E-state index >= 15 is 0 Å². The van der Waals surface area contributed by atoms with Crippen LogP contribution < -0.4 is 10.6 Å². The van der Waals surface area contributed by atoms with Gasteiger partial charge in [0.15, 0.2) is 5.11 Å². The fourth-order valence-corrected chi connectivity index (χ4v) is 2.18. The summed E-state index contributed by atoms with van der Waals surface area (Å²) in [5.41, 5.74) is 3.56. The predicted octanol–water partition coefficient (Wildman–Crippen LogP) is 3.43. The number of thiocarbonyl (C=S) groups is 1. The van der Waals surface area contributed by atoms with E-state index in [1.165, 1.54) is 0 Å². The van der Waals surface area contributed by atoms with Gasteiger partial charge in [-0.2, -0.15) is 0 Å². The van der Waals surface area contributed by atoms with Gasteiger partial charge in [0.2, 0.25) is 0 Å². The highest BCUT2D eigenvalue weighted by atomic mass is 32.1. The van der Waals surface area contributed by atoms with Gasteiger partial charge in [-0.05, 0) is 50.3 Å². The predicted molar refractivity (Wildman–Crippen MR) is 86.0 cm³/mol. The van der Waals surface area contributed by atoms with Crippen LogP contribution in [0, 0.1) is 13.8 Å². The number of rotatable bonds is 2. The largest absolute Gasteiger partial charge is 0.332 e. The van der Waals surface area contributed by atoms with Gasteiger partial charge in [-0.3, -0.25) is 10.1 Å². The summed E-state index contributed by atoms with van der Waals surface area (Å²) < 4.78 is 0. The molecule has 0 bridgehead atoms. The Kier molecular flexibility index (Phi) is 4.48. The monoisotopic (exact) mass is 284 g/mol. The highest BCUT2D eigenvalue weighted by Gasteiger charge is 2.08. The molecule has 0 aliphatic rings. The number of amides is 1. The van der Waals surface area contributed by atoms with Crippen molar-refractivity contribution in [3.8, 4) is 0 Å². The molecule has 0 fully saturated rings. The fourth-order valence-electron chi connectivity index (χ4n) is 1.96. The maximum atomic E-state index is 12.1. The van der Waals surface area contributed by atoms with Crippen LogP contribution >= 0.6 is 12.2 Å². The number of para-hydroxylation sites is 1. The van der Waals surface area contributed by atoms with Crippen LogP contribution in [0.15, 0.2) is 48.5 Å². The second-order valence-electron chi connectivity index (χ2n) is 4.65. The lowest BCUT2D eigenvalue weighted by Crippen LogP contribution is -2.34. The van der Waals surface area contributed by atoms with Crippen LogP contribution in [-0.4, -0.2) is 11.0 Å². The van der Waals surface area contributed by atoms with Crippen molar-refractivity contribution >= 4 is 28.9 Å². The molecule has 0 aliphatic heterocycles. The summed E-state index contributed by atoms with van der Waals surface area (Å²) in [6.07, 6.45) is 0. The van der Waals surface area contributed by atoms with Crippen molar-refractivity contribution in [1.29, 1.82) is 0 Å². The normalized spacial score (nSPS) is 9.90. The van der Waals surface area contributed by atoms with Crippen molar-refractivity contribution in [1.82, 2.24) is 5.32 Å².